The zero-order valence-corrected chi connectivity index (χ0v) is 34.8. The molecule has 2 aromatic heterocycles. The average molecular weight is 886 g/mol. The van der Waals surface area contributed by atoms with E-state index < -0.39 is 39.4 Å². The molecule has 328 valence electrons. The fraction of sp³-hybridized carbons (Fsp3) is 0.326. The summed E-state index contributed by atoms with van der Waals surface area (Å²) < 4.78 is 69.5. The number of carbonyl (C=O) groups excluding carboxylic acids is 5. The van der Waals surface area contributed by atoms with Crippen molar-refractivity contribution in [3.63, 3.8) is 0 Å². The number of piperazine rings is 1. The second kappa shape index (κ2) is 17.1. The third-order valence-electron chi connectivity index (χ3n) is 11.5. The highest BCUT2D eigenvalue weighted by Crippen LogP contribution is 2.40. The Morgan fingerprint density at radius 2 is 1.67 bits per heavy atom. The molecular weight excluding hydrogens is 844 g/mol. The van der Waals surface area contributed by atoms with Crippen LogP contribution in [-0.2, 0) is 41.9 Å². The molecule has 3 N–H and O–H groups in total. The number of rotatable bonds is 12. The number of benzene rings is 3. The van der Waals surface area contributed by atoms with Gasteiger partial charge >= 0.3 is 6.18 Å². The molecule has 0 bridgehead atoms. The molecule has 20 heteroatoms. The first-order valence-corrected chi connectivity index (χ1v) is 22.0. The van der Waals surface area contributed by atoms with Gasteiger partial charge in [0.25, 0.3) is 5.91 Å². The lowest BCUT2D eigenvalue weighted by Gasteiger charge is -2.36. The zero-order valence-electron chi connectivity index (χ0n) is 33.9. The molecule has 63 heavy (non-hydrogen) atoms. The van der Waals surface area contributed by atoms with Crippen LogP contribution in [0.2, 0.25) is 0 Å². The van der Waals surface area contributed by atoms with Crippen LogP contribution in [0.4, 0.5) is 36.2 Å². The summed E-state index contributed by atoms with van der Waals surface area (Å²) in [6.45, 7) is 3.56. The van der Waals surface area contributed by atoms with Crippen molar-refractivity contribution in [2.45, 2.75) is 57.8 Å². The first-order valence-electron chi connectivity index (χ1n) is 20.4. The molecule has 0 saturated carbocycles. The Hall–Kier alpha value is -6.83. The number of aromatic nitrogens is 3. The Bertz CT molecular complexity index is 2750. The monoisotopic (exact) mass is 885 g/mol. The second-order valence-corrected chi connectivity index (χ2v) is 17.5. The van der Waals surface area contributed by atoms with Crippen LogP contribution in [0.25, 0.3) is 22.2 Å². The number of halogens is 3. The number of hydrogen-bond acceptors (Lipinski definition) is 11. The quantitative estimate of drug-likeness (QED) is 0.138. The molecule has 0 spiro atoms. The third-order valence-corrected chi connectivity index (χ3v) is 13.1. The van der Waals surface area contributed by atoms with Crippen molar-refractivity contribution < 1.29 is 45.6 Å². The number of imide groups is 1. The Kier molecular flexibility index (Phi) is 11.7. The molecule has 16 nitrogen and oxygen atoms in total. The SMILES string of the molecule is CCS(=O)(=O)n1cc(-c2nc(Nc3ccc(N4CCN(C(=O)CCCC(=O)Nc5cccc6c5CN(C5CCC(=O)NC5=O)C6=O)CC4)cc3)ncc2C(F)(F)F)c2ccccc21. The van der Waals surface area contributed by atoms with Crippen LogP contribution in [0.5, 0.6) is 0 Å². The van der Waals surface area contributed by atoms with E-state index in [1.807, 2.05) is 12.1 Å². The van der Waals surface area contributed by atoms with Crippen LogP contribution < -0.4 is 20.9 Å². The Labute approximate surface area is 359 Å². The van der Waals surface area contributed by atoms with E-state index in [9.17, 15) is 45.6 Å². The van der Waals surface area contributed by atoms with Crippen molar-refractivity contribution >= 4 is 73.5 Å². The summed E-state index contributed by atoms with van der Waals surface area (Å²) in [4.78, 5) is 76.6. The number of alkyl halides is 3. The Morgan fingerprint density at radius 1 is 0.921 bits per heavy atom. The molecule has 5 heterocycles. The molecule has 2 fully saturated rings. The maximum atomic E-state index is 14.3. The van der Waals surface area contributed by atoms with Gasteiger partial charge < -0.3 is 25.3 Å². The predicted molar refractivity (Wildman–Crippen MR) is 226 cm³/mol. The number of anilines is 4. The maximum absolute atomic E-state index is 14.3. The number of fused-ring (bicyclic) bond motifs is 2. The summed E-state index contributed by atoms with van der Waals surface area (Å²) in [5.74, 6) is -2.02. The van der Waals surface area contributed by atoms with Gasteiger partial charge in [-0.25, -0.2) is 22.4 Å². The minimum atomic E-state index is -4.82. The highest BCUT2D eigenvalue weighted by atomic mass is 32.2. The van der Waals surface area contributed by atoms with E-state index >= 15 is 0 Å². The lowest BCUT2D eigenvalue weighted by Crippen LogP contribution is -2.52. The van der Waals surface area contributed by atoms with E-state index in [2.05, 4.69) is 30.8 Å². The maximum Gasteiger partial charge on any atom is 0.419 e. The number of hydrogen-bond donors (Lipinski definition) is 3. The molecule has 1 unspecified atom stereocenters. The summed E-state index contributed by atoms with van der Waals surface area (Å²) in [7, 11) is -3.85. The minimum Gasteiger partial charge on any atom is -0.368 e. The second-order valence-electron chi connectivity index (χ2n) is 15.4. The van der Waals surface area contributed by atoms with Gasteiger partial charge in [0.15, 0.2) is 0 Å². The van der Waals surface area contributed by atoms with Gasteiger partial charge in [-0.15, -0.1) is 0 Å². The molecule has 0 aliphatic carbocycles. The van der Waals surface area contributed by atoms with Gasteiger partial charge in [0.2, 0.25) is 39.6 Å². The summed E-state index contributed by atoms with van der Waals surface area (Å²) in [6, 6.07) is 17.6. The number of nitrogens with zero attached hydrogens (tertiary/aromatic N) is 6. The van der Waals surface area contributed by atoms with Crippen LogP contribution in [0.3, 0.4) is 0 Å². The van der Waals surface area contributed by atoms with Crippen LogP contribution in [0, 0.1) is 0 Å². The summed E-state index contributed by atoms with van der Waals surface area (Å²) >= 11 is 0. The van der Waals surface area contributed by atoms with Crippen LogP contribution in [-0.4, -0.2) is 99.7 Å². The third kappa shape index (κ3) is 8.79. The van der Waals surface area contributed by atoms with Crippen molar-refractivity contribution in [1.82, 2.24) is 29.1 Å². The van der Waals surface area contributed by atoms with Crippen LogP contribution >= 0.6 is 0 Å². The van der Waals surface area contributed by atoms with Crippen molar-refractivity contribution in [2.24, 2.45) is 0 Å². The van der Waals surface area contributed by atoms with Gasteiger partial charge in [-0.2, -0.15) is 13.2 Å². The van der Waals surface area contributed by atoms with Gasteiger partial charge in [-0.1, -0.05) is 24.3 Å². The molecule has 0 radical (unpaired) electrons. The highest BCUT2D eigenvalue weighted by Gasteiger charge is 2.40. The number of piperidine rings is 1. The van der Waals surface area contributed by atoms with Crippen molar-refractivity contribution in [3.8, 4) is 11.3 Å². The lowest BCUT2D eigenvalue weighted by atomic mass is 10.0. The smallest absolute Gasteiger partial charge is 0.368 e. The standard InChI is InChI=1S/C43H42F3N9O7S/c1-2-63(61,62)55-25-31(28-7-3-4-10-34(28)55)39-32(43(44,45)46)23-47-42(51-39)48-26-13-15-27(16-14-26)52-19-21-53(22-20-52)38(58)12-6-11-36(56)49-33-9-5-8-29-30(33)24-54(41(29)60)35-17-18-37(57)50-40(35)59/h3-5,7-10,13-16,23,25,35H,2,6,11-12,17-22,24H2,1H3,(H,49,56)(H,47,48,51)(H,50,57,59). The van der Waals surface area contributed by atoms with Gasteiger partial charge in [-0.3, -0.25) is 29.3 Å². The highest BCUT2D eigenvalue weighted by molar-refractivity contribution is 7.90. The van der Waals surface area contributed by atoms with E-state index in [1.54, 1.807) is 53.4 Å². The average Bonchev–Trinajstić information content (AvgIpc) is 3.82. The molecule has 3 aromatic carbocycles. The van der Waals surface area contributed by atoms with Crippen molar-refractivity contribution in [3.05, 3.63) is 95.8 Å². The topological polar surface area (TPSA) is 196 Å². The molecule has 5 aromatic rings. The minimum absolute atomic E-state index is 0.00726. The van der Waals surface area contributed by atoms with E-state index in [-0.39, 0.29) is 84.0 Å². The number of carbonyl (C=O) groups is 5. The van der Waals surface area contributed by atoms with Crippen molar-refractivity contribution in [1.29, 1.82) is 0 Å². The molecule has 3 aliphatic heterocycles. The molecule has 5 amide bonds. The lowest BCUT2D eigenvalue weighted by molar-refractivity contribution is -0.138. The number of para-hydroxylation sites is 1. The first-order chi connectivity index (χ1) is 30.1. The van der Waals surface area contributed by atoms with Crippen LogP contribution in [0.15, 0.2) is 79.1 Å². The molecule has 1 atom stereocenters. The first kappa shape index (κ1) is 42.8. The van der Waals surface area contributed by atoms with Gasteiger partial charge in [0, 0.05) is 104 Å². The van der Waals surface area contributed by atoms with E-state index in [0.29, 0.717) is 61.3 Å². The fourth-order valence-corrected chi connectivity index (χ4v) is 9.14. The summed E-state index contributed by atoms with van der Waals surface area (Å²) in [5, 5.41) is 8.37. The van der Waals surface area contributed by atoms with E-state index in [1.165, 1.54) is 17.9 Å². The van der Waals surface area contributed by atoms with Crippen molar-refractivity contribution in [2.75, 3.05) is 47.5 Å². The molecule has 2 saturated heterocycles. The Morgan fingerprint density at radius 3 is 2.38 bits per heavy atom. The van der Waals surface area contributed by atoms with E-state index in [4.69, 9.17) is 0 Å². The number of amides is 5. The molecule has 3 aliphatic rings. The summed E-state index contributed by atoms with van der Waals surface area (Å²) in [6.07, 6.45) is -2.08. The van der Waals surface area contributed by atoms with Gasteiger partial charge in [0.05, 0.1) is 17.0 Å². The van der Waals surface area contributed by atoms with Gasteiger partial charge in [-0.05, 0) is 62.2 Å². The fourth-order valence-electron chi connectivity index (χ4n) is 8.14. The molecule has 8 rings (SSSR count). The summed E-state index contributed by atoms with van der Waals surface area (Å²) in [5.41, 5.74) is 1.43. The van der Waals surface area contributed by atoms with Crippen LogP contribution in [0.1, 0.15) is 60.5 Å². The predicted octanol–water partition coefficient (Wildman–Crippen LogP) is 5.28. The van der Waals surface area contributed by atoms with Gasteiger partial charge in [0.1, 0.15) is 11.6 Å². The van der Waals surface area contributed by atoms with E-state index in [0.717, 1.165) is 15.9 Å². The largest absolute Gasteiger partial charge is 0.419 e. The molecular formula is C43H42F3N9O7S. The Balaban J connectivity index is 0.839. The number of nitrogens with one attached hydrogen (secondary N) is 3. The normalized spacial score (nSPS) is 16.9. The zero-order chi connectivity index (χ0) is 44.6.